The summed E-state index contributed by atoms with van der Waals surface area (Å²) in [6.07, 6.45) is 2.96. The third-order valence-corrected chi connectivity index (χ3v) is 4.41. The minimum Gasteiger partial charge on any atom is -0.349 e. The van der Waals surface area contributed by atoms with Crippen LogP contribution < -0.4 is 10.6 Å². The maximum atomic E-state index is 11.9. The molecule has 1 aromatic carbocycles. The van der Waals surface area contributed by atoms with Gasteiger partial charge in [0, 0.05) is 44.1 Å². The number of benzene rings is 1. The smallest absolute Gasteiger partial charge is 0.314 e. The molecular weight excluding hydrogens is 288 g/mol. The van der Waals surface area contributed by atoms with Crippen LogP contribution in [0.5, 0.6) is 0 Å². The number of amides is 2. The van der Waals surface area contributed by atoms with E-state index in [-0.39, 0.29) is 6.03 Å². The van der Waals surface area contributed by atoms with E-state index in [0.717, 1.165) is 19.5 Å². The van der Waals surface area contributed by atoms with Crippen molar-refractivity contribution >= 4 is 6.03 Å². The average Bonchev–Trinajstić information content (AvgIpc) is 3.00. The van der Waals surface area contributed by atoms with E-state index in [1.807, 2.05) is 18.2 Å². The van der Waals surface area contributed by atoms with E-state index in [9.17, 15) is 4.79 Å². The van der Waals surface area contributed by atoms with Gasteiger partial charge in [-0.3, -0.25) is 4.90 Å². The number of likely N-dealkylation sites (N-methyl/N-ethyl adjacent to an activating group) is 1. The van der Waals surface area contributed by atoms with Gasteiger partial charge in [-0.2, -0.15) is 0 Å². The first-order valence-electron chi connectivity index (χ1n) is 8.12. The van der Waals surface area contributed by atoms with Gasteiger partial charge in [0.1, 0.15) is 0 Å². The van der Waals surface area contributed by atoms with E-state index in [4.69, 9.17) is 0 Å². The zero-order valence-corrected chi connectivity index (χ0v) is 13.5. The second kappa shape index (κ2) is 7.33. The van der Waals surface area contributed by atoms with Crippen LogP contribution in [0.1, 0.15) is 11.3 Å². The lowest BCUT2D eigenvalue weighted by atomic mass is 10.1. The Hall–Kier alpha value is -2.27. The van der Waals surface area contributed by atoms with E-state index < -0.39 is 0 Å². The van der Waals surface area contributed by atoms with E-state index in [1.54, 1.807) is 0 Å². The molecule has 0 saturated carbocycles. The standard InChI is InChI=1S/C18H24N4O/c1-21-13-16-8-5-11-22(16)14-17(21)12-20-18(23)19-10-9-15-6-3-2-4-7-15/h2-8,11,17H,9-10,12-14H2,1H3,(H2,19,20,23). The van der Waals surface area contributed by atoms with Crippen molar-refractivity contribution in [2.75, 3.05) is 20.1 Å². The van der Waals surface area contributed by atoms with Gasteiger partial charge >= 0.3 is 6.03 Å². The molecule has 0 radical (unpaired) electrons. The number of carbonyl (C=O) groups is 1. The van der Waals surface area contributed by atoms with Crippen molar-refractivity contribution in [3.8, 4) is 0 Å². The lowest BCUT2D eigenvalue weighted by Crippen LogP contribution is -2.49. The summed E-state index contributed by atoms with van der Waals surface area (Å²) in [7, 11) is 2.11. The Kier molecular flexibility index (Phi) is 4.98. The number of rotatable bonds is 5. The van der Waals surface area contributed by atoms with Crippen LogP contribution in [-0.2, 0) is 19.5 Å². The van der Waals surface area contributed by atoms with Crippen LogP contribution in [0.15, 0.2) is 48.7 Å². The van der Waals surface area contributed by atoms with Crippen molar-refractivity contribution < 1.29 is 4.79 Å². The topological polar surface area (TPSA) is 49.3 Å². The molecule has 1 aromatic heterocycles. The third kappa shape index (κ3) is 4.13. The fourth-order valence-electron chi connectivity index (χ4n) is 2.98. The summed E-state index contributed by atoms with van der Waals surface area (Å²) in [6.45, 7) is 3.15. The molecule has 2 heterocycles. The van der Waals surface area contributed by atoms with Gasteiger partial charge in [-0.15, -0.1) is 0 Å². The first-order chi connectivity index (χ1) is 11.2. The van der Waals surface area contributed by atoms with Gasteiger partial charge in [0.15, 0.2) is 0 Å². The molecule has 5 heteroatoms. The van der Waals surface area contributed by atoms with Gasteiger partial charge in [-0.1, -0.05) is 30.3 Å². The fraction of sp³-hybridized carbons (Fsp3) is 0.389. The van der Waals surface area contributed by atoms with Gasteiger partial charge in [-0.05, 0) is 31.2 Å². The lowest BCUT2D eigenvalue weighted by molar-refractivity contribution is 0.172. The molecule has 2 N–H and O–H groups in total. The summed E-state index contributed by atoms with van der Waals surface area (Å²) in [6, 6.07) is 14.7. The number of nitrogens with one attached hydrogen (secondary N) is 2. The van der Waals surface area contributed by atoms with Crippen molar-refractivity contribution in [3.05, 3.63) is 59.9 Å². The van der Waals surface area contributed by atoms with E-state index >= 15 is 0 Å². The highest BCUT2D eigenvalue weighted by Gasteiger charge is 2.22. The highest BCUT2D eigenvalue weighted by Crippen LogP contribution is 2.15. The molecule has 2 amide bonds. The maximum Gasteiger partial charge on any atom is 0.314 e. The summed E-state index contributed by atoms with van der Waals surface area (Å²) in [5.74, 6) is 0. The van der Waals surface area contributed by atoms with Crippen LogP contribution in [0, 0.1) is 0 Å². The van der Waals surface area contributed by atoms with Crippen molar-refractivity contribution in [2.24, 2.45) is 0 Å². The second-order valence-corrected chi connectivity index (χ2v) is 6.09. The predicted molar refractivity (Wildman–Crippen MR) is 91.2 cm³/mol. The van der Waals surface area contributed by atoms with E-state index in [1.165, 1.54) is 11.3 Å². The van der Waals surface area contributed by atoms with E-state index in [0.29, 0.717) is 19.1 Å². The summed E-state index contributed by atoms with van der Waals surface area (Å²) in [5.41, 5.74) is 2.57. The molecule has 0 fully saturated rings. The van der Waals surface area contributed by atoms with Gasteiger partial charge in [0.05, 0.1) is 0 Å². The third-order valence-electron chi connectivity index (χ3n) is 4.41. The molecule has 5 nitrogen and oxygen atoms in total. The molecule has 122 valence electrons. The molecule has 0 bridgehead atoms. The number of carbonyl (C=O) groups excluding carboxylic acids is 1. The summed E-state index contributed by atoms with van der Waals surface area (Å²) in [4.78, 5) is 14.2. The monoisotopic (exact) mass is 312 g/mol. The minimum absolute atomic E-state index is 0.0902. The van der Waals surface area contributed by atoms with Gasteiger partial charge < -0.3 is 15.2 Å². The quantitative estimate of drug-likeness (QED) is 0.885. The van der Waals surface area contributed by atoms with Crippen LogP contribution in [0.25, 0.3) is 0 Å². The SMILES string of the molecule is CN1Cc2cccn2CC1CNC(=O)NCCc1ccccc1. The molecule has 3 rings (SSSR count). The molecule has 1 aliphatic heterocycles. The Morgan fingerprint density at radius 1 is 1.17 bits per heavy atom. The van der Waals surface area contributed by atoms with Crippen LogP contribution in [-0.4, -0.2) is 41.7 Å². The zero-order chi connectivity index (χ0) is 16.1. The Morgan fingerprint density at radius 3 is 2.83 bits per heavy atom. The molecule has 1 unspecified atom stereocenters. The normalized spacial score (nSPS) is 17.5. The number of nitrogens with zero attached hydrogens (tertiary/aromatic N) is 2. The molecule has 23 heavy (non-hydrogen) atoms. The predicted octanol–water partition coefficient (Wildman–Crippen LogP) is 1.84. The molecule has 0 spiro atoms. The highest BCUT2D eigenvalue weighted by atomic mass is 16.2. The Labute approximate surface area is 137 Å². The molecule has 0 aliphatic carbocycles. The molecule has 2 aromatic rings. The minimum atomic E-state index is -0.0902. The van der Waals surface area contributed by atoms with Gasteiger partial charge in [0.25, 0.3) is 0 Å². The van der Waals surface area contributed by atoms with Gasteiger partial charge in [0.2, 0.25) is 0 Å². The van der Waals surface area contributed by atoms with Crippen LogP contribution in [0.3, 0.4) is 0 Å². The highest BCUT2D eigenvalue weighted by molar-refractivity contribution is 5.73. The zero-order valence-electron chi connectivity index (χ0n) is 13.5. The second-order valence-electron chi connectivity index (χ2n) is 6.09. The number of hydrogen-bond acceptors (Lipinski definition) is 2. The Balaban J connectivity index is 1.39. The lowest BCUT2D eigenvalue weighted by Gasteiger charge is -2.34. The van der Waals surface area contributed by atoms with Crippen molar-refractivity contribution in [1.82, 2.24) is 20.1 Å². The number of hydrogen-bond donors (Lipinski definition) is 2. The first kappa shape index (κ1) is 15.6. The van der Waals surface area contributed by atoms with Gasteiger partial charge in [-0.25, -0.2) is 4.79 Å². The molecular formula is C18H24N4O. The summed E-state index contributed by atoms with van der Waals surface area (Å²) < 4.78 is 2.26. The Bertz CT molecular complexity index is 637. The Morgan fingerprint density at radius 2 is 2.00 bits per heavy atom. The van der Waals surface area contributed by atoms with E-state index in [2.05, 4.69) is 57.6 Å². The number of fused-ring (bicyclic) bond motifs is 1. The van der Waals surface area contributed by atoms with Crippen LogP contribution >= 0.6 is 0 Å². The van der Waals surface area contributed by atoms with Crippen molar-refractivity contribution in [3.63, 3.8) is 0 Å². The number of aromatic nitrogens is 1. The average molecular weight is 312 g/mol. The van der Waals surface area contributed by atoms with Crippen molar-refractivity contribution in [2.45, 2.75) is 25.6 Å². The maximum absolute atomic E-state index is 11.9. The molecule has 1 atom stereocenters. The summed E-state index contributed by atoms with van der Waals surface area (Å²) in [5, 5.41) is 5.91. The summed E-state index contributed by atoms with van der Waals surface area (Å²) >= 11 is 0. The van der Waals surface area contributed by atoms with Crippen LogP contribution in [0.4, 0.5) is 4.79 Å². The fourth-order valence-corrected chi connectivity index (χ4v) is 2.98. The largest absolute Gasteiger partial charge is 0.349 e. The molecule has 1 aliphatic rings. The number of urea groups is 1. The first-order valence-corrected chi connectivity index (χ1v) is 8.12. The van der Waals surface area contributed by atoms with Crippen molar-refractivity contribution in [1.29, 1.82) is 0 Å². The van der Waals surface area contributed by atoms with Crippen LogP contribution in [0.2, 0.25) is 0 Å². The molecule has 0 saturated heterocycles.